The van der Waals surface area contributed by atoms with Crippen molar-refractivity contribution in [3.05, 3.63) is 30.3 Å². The Balaban J connectivity index is 1.87. The number of carbonyl (C=O) groups is 1. The number of anilines is 1. The van der Waals surface area contributed by atoms with Gasteiger partial charge in [-0.05, 0) is 19.1 Å². The van der Waals surface area contributed by atoms with Gasteiger partial charge in [-0.2, -0.15) is 0 Å². The van der Waals surface area contributed by atoms with Crippen molar-refractivity contribution in [3.63, 3.8) is 0 Å². The number of rotatable bonds is 4. The van der Waals surface area contributed by atoms with Crippen LogP contribution in [0, 0.1) is 0 Å². The number of morpholine rings is 1. The molecule has 1 aliphatic rings. The van der Waals surface area contributed by atoms with Crippen LogP contribution in [0.5, 0.6) is 0 Å². The molecule has 0 aromatic heterocycles. The summed E-state index contributed by atoms with van der Waals surface area (Å²) in [4.78, 5) is 14.0. The highest BCUT2D eigenvalue weighted by molar-refractivity contribution is 5.92. The van der Waals surface area contributed by atoms with Gasteiger partial charge in [0, 0.05) is 18.3 Å². The van der Waals surface area contributed by atoms with Crippen LogP contribution in [0.3, 0.4) is 0 Å². The highest BCUT2D eigenvalue weighted by Crippen LogP contribution is 2.12. The lowest BCUT2D eigenvalue weighted by Crippen LogP contribution is -2.51. The molecule has 1 aromatic rings. The minimum Gasteiger partial charge on any atom is -0.394 e. The fourth-order valence-electron chi connectivity index (χ4n) is 2.11. The van der Waals surface area contributed by atoms with Crippen molar-refractivity contribution in [1.82, 2.24) is 4.90 Å². The number of nitrogens with zero attached hydrogens (tertiary/aromatic N) is 1. The van der Waals surface area contributed by atoms with Crippen molar-refractivity contribution in [2.75, 3.05) is 31.6 Å². The first-order chi connectivity index (χ1) is 9.19. The normalized spacial score (nSPS) is 24.1. The van der Waals surface area contributed by atoms with Crippen LogP contribution in [-0.2, 0) is 9.53 Å². The second kappa shape index (κ2) is 6.65. The Labute approximate surface area is 113 Å². The van der Waals surface area contributed by atoms with Crippen molar-refractivity contribution in [2.45, 2.75) is 19.1 Å². The molecule has 5 heteroatoms. The molecule has 0 radical (unpaired) electrons. The van der Waals surface area contributed by atoms with Crippen LogP contribution in [-0.4, -0.2) is 54.4 Å². The quantitative estimate of drug-likeness (QED) is 0.840. The van der Waals surface area contributed by atoms with E-state index in [1.54, 1.807) is 0 Å². The largest absolute Gasteiger partial charge is 0.394 e. The molecule has 2 atom stereocenters. The molecule has 2 unspecified atom stereocenters. The van der Waals surface area contributed by atoms with Gasteiger partial charge in [0.25, 0.3) is 0 Å². The van der Waals surface area contributed by atoms with E-state index in [0.717, 1.165) is 5.69 Å². The highest BCUT2D eigenvalue weighted by atomic mass is 16.5. The number of para-hydroxylation sites is 1. The highest BCUT2D eigenvalue weighted by Gasteiger charge is 2.26. The monoisotopic (exact) mass is 264 g/mol. The molecule has 1 amide bonds. The Kier molecular flexibility index (Phi) is 4.90. The maximum Gasteiger partial charge on any atom is 0.238 e. The average molecular weight is 264 g/mol. The zero-order valence-electron chi connectivity index (χ0n) is 11.1. The van der Waals surface area contributed by atoms with Gasteiger partial charge in [-0.15, -0.1) is 0 Å². The van der Waals surface area contributed by atoms with E-state index in [0.29, 0.717) is 19.7 Å². The first-order valence-corrected chi connectivity index (χ1v) is 6.50. The molecule has 0 spiro atoms. The number of amides is 1. The Morgan fingerprint density at radius 1 is 1.47 bits per heavy atom. The molecule has 1 fully saturated rings. The maximum atomic E-state index is 12.0. The van der Waals surface area contributed by atoms with Crippen molar-refractivity contribution in [2.24, 2.45) is 0 Å². The van der Waals surface area contributed by atoms with Crippen LogP contribution < -0.4 is 5.32 Å². The van der Waals surface area contributed by atoms with Gasteiger partial charge in [0.15, 0.2) is 0 Å². The van der Waals surface area contributed by atoms with Gasteiger partial charge in [-0.1, -0.05) is 18.2 Å². The number of benzene rings is 1. The molecule has 1 aliphatic heterocycles. The molecule has 0 saturated carbocycles. The number of carbonyl (C=O) groups excluding carboxylic acids is 1. The molecule has 0 bridgehead atoms. The summed E-state index contributed by atoms with van der Waals surface area (Å²) in [5, 5.41) is 12.0. The number of hydrogen-bond acceptors (Lipinski definition) is 4. The van der Waals surface area contributed by atoms with Gasteiger partial charge in [-0.25, -0.2) is 0 Å². The summed E-state index contributed by atoms with van der Waals surface area (Å²) >= 11 is 0. The van der Waals surface area contributed by atoms with Gasteiger partial charge < -0.3 is 15.2 Å². The standard InChI is InChI=1S/C14H20N2O3/c1-11-10-19-13(9-17)7-16(11)8-14(18)15-12-5-3-2-4-6-12/h2-6,11,13,17H,7-10H2,1H3,(H,15,18). The second-order valence-corrected chi connectivity index (χ2v) is 4.83. The van der Waals surface area contributed by atoms with E-state index in [4.69, 9.17) is 9.84 Å². The van der Waals surface area contributed by atoms with E-state index in [2.05, 4.69) is 5.32 Å². The summed E-state index contributed by atoms with van der Waals surface area (Å²) in [7, 11) is 0. The van der Waals surface area contributed by atoms with Crippen molar-refractivity contribution in [3.8, 4) is 0 Å². The van der Waals surface area contributed by atoms with Crippen LogP contribution in [0.15, 0.2) is 30.3 Å². The smallest absolute Gasteiger partial charge is 0.238 e. The molecule has 1 saturated heterocycles. The minimum absolute atomic E-state index is 0.0104. The van der Waals surface area contributed by atoms with Gasteiger partial charge in [0.1, 0.15) is 0 Å². The summed E-state index contributed by atoms with van der Waals surface area (Å²) in [6, 6.07) is 9.58. The fraction of sp³-hybridized carbons (Fsp3) is 0.500. The molecule has 2 rings (SSSR count). The van der Waals surface area contributed by atoms with Gasteiger partial charge in [-0.3, -0.25) is 9.69 Å². The van der Waals surface area contributed by atoms with Crippen molar-refractivity contribution in [1.29, 1.82) is 0 Å². The predicted octanol–water partition coefficient (Wildman–Crippen LogP) is 0.707. The van der Waals surface area contributed by atoms with E-state index >= 15 is 0 Å². The van der Waals surface area contributed by atoms with Crippen molar-refractivity contribution < 1.29 is 14.6 Å². The van der Waals surface area contributed by atoms with Crippen LogP contribution in [0.4, 0.5) is 5.69 Å². The van der Waals surface area contributed by atoms with Gasteiger partial charge >= 0.3 is 0 Å². The van der Waals surface area contributed by atoms with E-state index < -0.39 is 0 Å². The molecule has 2 N–H and O–H groups in total. The number of hydrogen-bond donors (Lipinski definition) is 2. The predicted molar refractivity (Wildman–Crippen MR) is 72.9 cm³/mol. The third kappa shape index (κ3) is 4.02. The maximum absolute atomic E-state index is 12.0. The third-order valence-electron chi connectivity index (χ3n) is 3.24. The summed E-state index contributed by atoms with van der Waals surface area (Å²) in [6.07, 6.45) is -0.194. The van der Waals surface area contributed by atoms with Crippen LogP contribution in [0.1, 0.15) is 6.92 Å². The lowest BCUT2D eigenvalue weighted by molar-refractivity contribution is -0.122. The molecule has 1 heterocycles. The van der Waals surface area contributed by atoms with Crippen molar-refractivity contribution >= 4 is 11.6 Å². The molecule has 5 nitrogen and oxygen atoms in total. The first kappa shape index (κ1) is 14.0. The molecule has 104 valence electrons. The lowest BCUT2D eigenvalue weighted by Gasteiger charge is -2.36. The van der Waals surface area contributed by atoms with E-state index in [1.165, 1.54) is 0 Å². The fourth-order valence-corrected chi connectivity index (χ4v) is 2.11. The number of nitrogens with one attached hydrogen (secondary N) is 1. The Morgan fingerprint density at radius 2 is 2.21 bits per heavy atom. The summed E-state index contributed by atoms with van der Waals surface area (Å²) in [5.74, 6) is -0.0448. The SMILES string of the molecule is CC1COC(CO)CN1CC(=O)Nc1ccccc1. The van der Waals surface area contributed by atoms with Crippen LogP contribution >= 0.6 is 0 Å². The van der Waals surface area contributed by atoms with Gasteiger partial charge in [0.05, 0.1) is 25.9 Å². The Bertz CT molecular complexity index is 410. The topological polar surface area (TPSA) is 61.8 Å². The Morgan fingerprint density at radius 3 is 2.89 bits per heavy atom. The van der Waals surface area contributed by atoms with Crippen LogP contribution in [0.2, 0.25) is 0 Å². The summed E-state index contributed by atoms with van der Waals surface area (Å²) < 4.78 is 5.45. The van der Waals surface area contributed by atoms with Gasteiger partial charge in [0.2, 0.25) is 5.91 Å². The van der Waals surface area contributed by atoms with E-state index in [1.807, 2.05) is 42.2 Å². The molecular formula is C14H20N2O3. The third-order valence-corrected chi connectivity index (χ3v) is 3.24. The summed E-state index contributed by atoms with van der Waals surface area (Å²) in [6.45, 7) is 3.45. The molecule has 19 heavy (non-hydrogen) atoms. The Hall–Kier alpha value is -1.43. The molecule has 0 aliphatic carbocycles. The average Bonchev–Trinajstić information content (AvgIpc) is 2.42. The molecule has 1 aromatic carbocycles. The first-order valence-electron chi connectivity index (χ1n) is 6.50. The second-order valence-electron chi connectivity index (χ2n) is 4.83. The zero-order valence-corrected chi connectivity index (χ0v) is 11.1. The summed E-state index contributed by atoms with van der Waals surface area (Å²) in [5.41, 5.74) is 0.798. The number of aliphatic hydroxyl groups is 1. The number of aliphatic hydroxyl groups excluding tert-OH is 1. The van der Waals surface area contributed by atoms with Crippen LogP contribution in [0.25, 0.3) is 0 Å². The number of ether oxygens (including phenoxy) is 1. The lowest BCUT2D eigenvalue weighted by atomic mass is 10.2. The van der Waals surface area contributed by atoms with E-state index in [-0.39, 0.29) is 24.7 Å². The zero-order chi connectivity index (χ0) is 13.7. The van der Waals surface area contributed by atoms with E-state index in [9.17, 15) is 4.79 Å². The molecular weight excluding hydrogens is 244 g/mol. The minimum atomic E-state index is -0.194.